The van der Waals surface area contributed by atoms with Gasteiger partial charge in [-0.05, 0) is 50.5 Å². The Labute approximate surface area is 208 Å². The molecule has 194 valence electrons. The summed E-state index contributed by atoms with van der Waals surface area (Å²) in [6.45, 7) is 8.75. The summed E-state index contributed by atoms with van der Waals surface area (Å²) in [6.07, 6.45) is 10.2. The number of aromatic nitrogens is 3. The number of allylic oxidation sites excluding steroid dienone is 4. The van der Waals surface area contributed by atoms with Crippen molar-refractivity contribution in [1.29, 1.82) is 0 Å². The minimum atomic E-state index is -0.271. The molecule has 2 heterocycles. The zero-order valence-electron chi connectivity index (χ0n) is 21.8. The van der Waals surface area contributed by atoms with Crippen LogP contribution in [0.2, 0.25) is 0 Å². The minimum Gasteiger partial charge on any atom is -0.469 e. The van der Waals surface area contributed by atoms with E-state index in [0.29, 0.717) is 44.8 Å². The van der Waals surface area contributed by atoms with Crippen molar-refractivity contribution in [2.75, 3.05) is 40.5 Å². The molecule has 0 saturated carbocycles. The summed E-state index contributed by atoms with van der Waals surface area (Å²) in [5, 5.41) is 12.3. The average molecular weight is 488 g/mol. The third-order valence-corrected chi connectivity index (χ3v) is 6.81. The lowest BCUT2D eigenvalue weighted by Gasteiger charge is -2.38. The zero-order valence-corrected chi connectivity index (χ0v) is 21.8. The Bertz CT molecular complexity index is 923. The van der Waals surface area contributed by atoms with Gasteiger partial charge in [0.1, 0.15) is 0 Å². The molecule has 9 heteroatoms. The number of carbonyl (C=O) groups is 2. The van der Waals surface area contributed by atoms with Gasteiger partial charge in [0.2, 0.25) is 0 Å². The monoisotopic (exact) mass is 487 g/mol. The third-order valence-electron chi connectivity index (χ3n) is 6.81. The van der Waals surface area contributed by atoms with Crippen molar-refractivity contribution in [2.24, 2.45) is 11.8 Å². The van der Waals surface area contributed by atoms with Crippen molar-refractivity contribution in [3.8, 4) is 0 Å². The first-order valence-electron chi connectivity index (χ1n) is 12.7. The highest BCUT2D eigenvalue weighted by molar-refractivity contribution is 5.93. The summed E-state index contributed by atoms with van der Waals surface area (Å²) in [4.78, 5) is 28.1. The normalized spacial score (nSPS) is 22.2. The SMILES string of the molecule is COCCCCc1c(C(=O)N(CC(C)C)[C@@H]2CNC[C@H](C(=O)OC)C2)nnn1C1CC=CC=C1C. The summed E-state index contributed by atoms with van der Waals surface area (Å²) in [5.41, 5.74) is 2.50. The van der Waals surface area contributed by atoms with Crippen LogP contribution in [0.3, 0.4) is 0 Å². The van der Waals surface area contributed by atoms with Gasteiger partial charge in [-0.2, -0.15) is 0 Å². The summed E-state index contributed by atoms with van der Waals surface area (Å²) in [5.74, 6) is -0.355. The van der Waals surface area contributed by atoms with Crippen LogP contribution < -0.4 is 5.32 Å². The Kier molecular flexibility index (Phi) is 10.0. The Balaban J connectivity index is 1.91. The lowest BCUT2D eigenvalue weighted by Crippen LogP contribution is -2.53. The van der Waals surface area contributed by atoms with Gasteiger partial charge in [-0.3, -0.25) is 9.59 Å². The van der Waals surface area contributed by atoms with Crippen LogP contribution in [0.25, 0.3) is 0 Å². The number of hydrogen-bond donors (Lipinski definition) is 1. The van der Waals surface area contributed by atoms with Gasteiger partial charge in [0.25, 0.3) is 5.91 Å². The molecule has 3 atom stereocenters. The third kappa shape index (κ3) is 6.79. The van der Waals surface area contributed by atoms with E-state index in [2.05, 4.69) is 54.6 Å². The van der Waals surface area contributed by atoms with Gasteiger partial charge in [0.05, 0.1) is 24.8 Å². The fourth-order valence-electron chi connectivity index (χ4n) is 4.95. The van der Waals surface area contributed by atoms with Gasteiger partial charge in [-0.15, -0.1) is 5.10 Å². The number of nitrogens with zero attached hydrogens (tertiary/aromatic N) is 4. The minimum absolute atomic E-state index is 0.0603. The van der Waals surface area contributed by atoms with Crippen LogP contribution in [0, 0.1) is 11.8 Å². The molecule has 1 fully saturated rings. The zero-order chi connectivity index (χ0) is 25.4. The van der Waals surface area contributed by atoms with Crippen molar-refractivity contribution in [3.05, 3.63) is 35.2 Å². The Morgan fingerprint density at radius 1 is 1.26 bits per heavy atom. The molecular weight excluding hydrogens is 446 g/mol. The van der Waals surface area contributed by atoms with Crippen molar-refractivity contribution in [1.82, 2.24) is 25.2 Å². The number of esters is 1. The predicted octanol–water partition coefficient (Wildman–Crippen LogP) is 2.94. The maximum absolute atomic E-state index is 14.0. The number of ether oxygens (including phenoxy) is 2. The van der Waals surface area contributed by atoms with Crippen LogP contribution in [0.5, 0.6) is 0 Å². The van der Waals surface area contributed by atoms with Crippen molar-refractivity contribution in [2.45, 2.75) is 65.0 Å². The highest BCUT2D eigenvalue weighted by atomic mass is 16.5. The molecule has 1 unspecified atom stereocenters. The number of hydrogen-bond acceptors (Lipinski definition) is 7. The van der Waals surface area contributed by atoms with Gasteiger partial charge in [0.15, 0.2) is 5.69 Å². The van der Waals surface area contributed by atoms with Crippen LogP contribution >= 0.6 is 0 Å². The van der Waals surface area contributed by atoms with Crippen molar-refractivity contribution >= 4 is 11.9 Å². The molecule has 1 aliphatic heterocycles. The van der Waals surface area contributed by atoms with E-state index in [1.165, 1.54) is 12.7 Å². The van der Waals surface area contributed by atoms with E-state index in [0.717, 1.165) is 25.0 Å². The molecule has 1 aromatic heterocycles. The highest BCUT2D eigenvalue weighted by Crippen LogP contribution is 2.29. The molecule has 0 bridgehead atoms. The molecule has 1 aliphatic carbocycles. The molecule has 1 amide bonds. The van der Waals surface area contributed by atoms with E-state index < -0.39 is 0 Å². The van der Waals surface area contributed by atoms with Gasteiger partial charge >= 0.3 is 5.97 Å². The molecule has 0 radical (unpaired) electrons. The molecule has 1 saturated heterocycles. The second kappa shape index (κ2) is 13.0. The molecule has 0 spiro atoms. The van der Waals surface area contributed by atoms with Crippen LogP contribution in [0.4, 0.5) is 0 Å². The molecule has 9 nitrogen and oxygen atoms in total. The summed E-state index contributed by atoms with van der Waals surface area (Å²) < 4.78 is 12.1. The topological polar surface area (TPSA) is 98.6 Å². The fraction of sp³-hybridized carbons (Fsp3) is 0.692. The Hall–Kier alpha value is -2.52. The fourth-order valence-corrected chi connectivity index (χ4v) is 4.95. The largest absolute Gasteiger partial charge is 0.469 e. The molecule has 1 N–H and O–H groups in total. The van der Waals surface area contributed by atoms with Gasteiger partial charge < -0.3 is 19.7 Å². The van der Waals surface area contributed by atoms with Gasteiger partial charge in [-0.1, -0.05) is 37.3 Å². The van der Waals surface area contributed by atoms with E-state index in [-0.39, 0.29) is 35.8 Å². The van der Waals surface area contributed by atoms with Gasteiger partial charge in [-0.25, -0.2) is 4.68 Å². The molecular formula is C26H41N5O4. The number of amides is 1. The summed E-state index contributed by atoms with van der Waals surface area (Å²) in [6, 6.07) is -0.0569. The summed E-state index contributed by atoms with van der Waals surface area (Å²) in [7, 11) is 3.11. The van der Waals surface area contributed by atoms with E-state index in [1.54, 1.807) is 7.11 Å². The van der Waals surface area contributed by atoms with Crippen molar-refractivity contribution < 1.29 is 19.1 Å². The van der Waals surface area contributed by atoms with Crippen LogP contribution in [-0.4, -0.2) is 78.3 Å². The van der Waals surface area contributed by atoms with Crippen molar-refractivity contribution in [3.63, 3.8) is 0 Å². The summed E-state index contributed by atoms with van der Waals surface area (Å²) >= 11 is 0. The molecule has 3 rings (SSSR count). The first-order valence-corrected chi connectivity index (χ1v) is 12.7. The first kappa shape index (κ1) is 27.1. The predicted molar refractivity (Wildman–Crippen MR) is 134 cm³/mol. The van der Waals surface area contributed by atoms with Crippen LogP contribution in [-0.2, 0) is 20.7 Å². The maximum Gasteiger partial charge on any atom is 0.310 e. The number of unbranched alkanes of at least 4 members (excludes halogenated alkanes) is 1. The van der Waals surface area contributed by atoms with E-state index in [1.807, 2.05) is 9.58 Å². The maximum atomic E-state index is 14.0. The highest BCUT2D eigenvalue weighted by Gasteiger charge is 2.36. The lowest BCUT2D eigenvalue weighted by molar-refractivity contribution is -0.146. The molecule has 35 heavy (non-hydrogen) atoms. The van der Waals surface area contributed by atoms with E-state index in [4.69, 9.17) is 9.47 Å². The number of nitrogens with one attached hydrogen (secondary N) is 1. The number of carbonyl (C=O) groups excluding carboxylic acids is 2. The quantitative estimate of drug-likeness (QED) is 0.378. The standard InChI is InChI=1S/C26H41N5O4/c1-18(2)17-30(21-14-20(15-27-16-21)26(33)35-5)25(32)24-23(12-8-9-13-34-4)31(29-28-24)22-11-7-6-10-19(22)3/h6-7,10,18,20-22,27H,8-9,11-17H2,1-5H3/t20-,21+,22?/m1/s1. The smallest absolute Gasteiger partial charge is 0.310 e. The first-order chi connectivity index (χ1) is 16.9. The molecule has 1 aromatic rings. The molecule has 0 aromatic carbocycles. The van der Waals surface area contributed by atoms with Crippen LogP contribution in [0.15, 0.2) is 23.8 Å². The van der Waals surface area contributed by atoms with Gasteiger partial charge in [0, 0.05) is 39.4 Å². The van der Waals surface area contributed by atoms with E-state index >= 15 is 0 Å². The lowest BCUT2D eigenvalue weighted by atomic mass is 9.93. The Morgan fingerprint density at radius 2 is 2.06 bits per heavy atom. The second-order valence-electron chi connectivity index (χ2n) is 9.99. The second-order valence-corrected chi connectivity index (χ2v) is 9.99. The van der Waals surface area contributed by atoms with E-state index in [9.17, 15) is 9.59 Å². The number of rotatable bonds is 11. The number of methoxy groups -OCH3 is 2. The average Bonchev–Trinajstić information content (AvgIpc) is 3.28. The Morgan fingerprint density at radius 3 is 2.74 bits per heavy atom. The van der Waals surface area contributed by atoms with Crippen LogP contribution in [0.1, 0.15) is 68.7 Å². The number of piperidine rings is 1. The molecule has 2 aliphatic rings.